The highest BCUT2D eigenvalue weighted by Gasteiger charge is 2.40. The minimum Gasteiger partial charge on any atom is -0.508 e. The van der Waals surface area contributed by atoms with Crippen LogP contribution < -0.4 is 64.2 Å². The number of nitrogens with one attached hydrogen (secondary N) is 11. The first-order chi connectivity index (χ1) is 51.0. The highest BCUT2D eigenvalue weighted by molar-refractivity contribution is 6.30. The number of aliphatic hydroxyl groups is 1. The molecule has 0 saturated carbocycles. The number of fused-ring (bicyclic) bond motifs is 1. The van der Waals surface area contributed by atoms with Crippen LogP contribution in [0.4, 0.5) is 5.69 Å². The van der Waals surface area contributed by atoms with E-state index in [0.29, 0.717) is 64.3 Å². The molecule has 0 spiro atoms. The van der Waals surface area contributed by atoms with Gasteiger partial charge < -0.3 is 79.3 Å². The van der Waals surface area contributed by atoms with Crippen molar-refractivity contribution in [2.24, 2.45) is 11.7 Å². The Balaban J connectivity index is 1.16. The second-order valence-electron chi connectivity index (χ2n) is 27.7. The van der Waals surface area contributed by atoms with E-state index in [9.17, 15) is 58.2 Å². The number of nitrogens with zero attached hydrogens (tertiary/aromatic N) is 2. The number of carbonyl (C=O) groups is 12. The zero-order valence-electron chi connectivity index (χ0n) is 61.2. The fourth-order valence-corrected chi connectivity index (χ4v) is 12.5. The number of rotatable bonds is 39. The number of aromatic hydroxyl groups is 1. The number of pyridine rings is 1. The molecule has 15 N–H and O–H groups in total. The maximum Gasteiger partial charge on any atom is 0.245 e. The van der Waals surface area contributed by atoms with Crippen molar-refractivity contribution in [3.63, 3.8) is 0 Å². The quantitative estimate of drug-likeness (QED) is 0.0247. The van der Waals surface area contributed by atoms with Crippen molar-refractivity contribution >= 4 is 98.9 Å². The molecule has 0 unspecified atom stereocenters. The summed E-state index contributed by atoms with van der Waals surface area (Å²) in [4.78, 5) is 174. The number of phenols is 1. The third-order valence-electron chi connectivity index (χ3n) is 18.0. The van der Waals surface area contributed by atoms with Crippen LogP contribution in [0.2, 0.25) is 5.02 Å². The molecule has 12 amide bonds. The number of hydrogen-bond donors (Lipinski definition) is 14. The lowest BCUT2D eigenvalue weighted by molar-refractivity contribution is -0.142. The summed E-state index contributed by atoms with van der Waals surface area (Å²) in [5.41, 5.74) is 8.40. The van der Waals surface area contributed by atoms with Gasteiger partial charge >= 0.3 is 0 Å². The zero-order valence-corrected chi connectivity index (χ0v) is 62.0. The molecule has 572 valence electrons. The molecule has 1 saturated heterocycles. The van der Waals surface area contributed by atoms with Gasteiger partial charge in [-0.25, -0.2) is 0 Å². The molecule has 6 aromatic rings. The monoisotopic (exact) mass is 1490 g/mol. The molecule has 0 radical (unpaired) electrons. The number of primary amides is 1. The number of nitrogens with two attached hydrogens (primary N) is 1. The second-order valence-corrected chi connectivity index (χ2v) is 28.1. The molecule has 10 atom stereocenters. The first-order valence-electron chi connectivity index (χ1n) is 35.9. The SMILES string of the molecule is CC(=O)Nc1ccc(C[C@@H](NC(=O)[C@H](Cc2ccc(O)cc2)NC(=O)[C@H](CO)NC(=O)[C@@H](Cc2cccnc2)NC(=O)[C@@H](Cc2ccc(Cl)cc2)NC(=O)[C@@H](Cc2ccc3ccccc3c2)NC(C)=O)C(=O)N[C@@H](CC(C)C)C(=O)N[C@@H](CCCCNC(C)C)C(=O)N2CCC[C@H]2C(=O)N[C@H](C)C(N)=O)cc1. The van der Waals surface area contributed by atoms with Crippen molar-refractivity contribution in [3.05, 3.63) is 173 Å². The van der Waals surface area contributed by atoms with Crippen LogP contribution in [0.25, 0.3) is 10.8 Å². The number of unbranched alkanes of at least 4 members (excludes halogenated alkanes) is 1. The molecule has 5 aromatic carbocycles. The van der Waals surface area contributed by atoms with Crippen molar-refractivity contribution < 1.29 is 67.7 Å². The molecule has 1 aromatic heterocycles. The number of likely N-dealkylation sites (tertiary alicyclic amines) is 1. The van der Waals surface area contributed by atoms with Crippen molar-refractivity contribution in [3.8, 4) is 5.75 Å². The normalized spacial score (nSPS) is 15.2. The Bertz CT molecular complexity index is 4060. The van der Waals surface area contributed by atoms with Crippen LogP contribution in [0, 0.1) is 5.92 Å². The topological polar surface area (TPSA) is 420 Å². The third kappa shape index (κ3) is 26.9. The largest absolute Gasteiger partial charge is 0.508 e. The number of hydrogen-bond acceptors (Lipinski definition) is 16. The fraction of sp³-hybridized carbons (Fsp3) is 0.423. The molecule has 0 aliphatic carbocycles. The lowest BCUT2D eigenvalue weighted by Crippen LogP contribution is -2.62. The summed E-state index contributed by atoms with van der Waals surface area (Å²) in [5.74, 6) is -9.49. The molecular formula is C78H99ClN14O14. The third-order valence-corrected chi connectivity index (χ3v) is 18.2. The lowest BCUT2D eigenvalue weighted by Gasteiger charge is -2.31. The first kappa shape index (κ1) is 83.4. The van der Waals surface area contributed by atoms with Crippen LogP contribution >= 0.6 is 11.6 Å². The van der Waals surface area contributed by atoms with Gasteiger partial charge in [0.15, 0.2) is 0 Å². The number of amides is 12. The average molecular weight is 1490 g/mol. The summed E-state index contributed by atoms with van der Waals surface area (Å²) in [6, 6.07) is 21.4. The maximum atomic E-state index is 15.2. The van der Waals surface area contributed by atoms with E-state index in [-0.39, 0.29) is 81.5 Å². The van der Waals surface area contributed by atoms with E-state index >= 15 is 9.59 Å². The van der Waals surface area contributed by atoms with Crippen molar-refractivity contribution in [2.45, 2.75) is 186 Å². The predicted molar refractivity (Wildman–Crippen MR) is 403 cm³/mol. The van der Waals surface area contributed by atoms with Gasteiger partial charge in [0.2, 0.25) is 70.9 Å². The van der Waals surface area contributed by atoms with E-state index in [4.69, 9.17) is 17.3 Å². The zero-order chi connectivity index (χ0) is 77.9. The van der Waals surface area contributed by atoms with Crippen LogP contribution in [-0.4, -0.2) is 177 Å². The van der Waals surface area contributed by atoms with Gasteiger partial charge in [-0.3, -0.25) is 62.5 Å². The summed E-state index contributed by atoms with van der Waals surface area (Å²) in [7, 11) is 0. The lowest BCUT2D eigenvalue weighted by atomic mass is 9.99. The van der Waals surface area contributed by atoms with E-state index < -0.39 is 132 Å². The molecule has 2 heterocycles. The summed E-state index contributed by atoms with van der Waals surface area (Å²) >= 11 is 6.25. The molecule has 107 heavy (non-hydrogen) atoms. The van der Waals surface area contributed by atoms with Crippen LogP contribution in [0.1, 0.15) is 115 Å². The molecule has 28 nitrogen and oxygen atoms in total. The van der Waals surface area contributed by atoms with Crippen molar-refractivity contribution in [2.75, 3.05) is 25.0 Å². The van der Waals surface area contributed by atoms with Crippen LogP contribution in [0.3, 0.4) is 0 Å². The maximum absolute atomic E-state index is 15.2. The Hall–Kier alpha value is -10.8. The highest BCUT2D eigenvalue weighted by atomic mass is 35.5. The Morgan fingerprint density at radius 2 is 1.00 bits per heavy atom. The number of aromatic nitrogens is 1. The minimum atomic E-state index is -1.84. The highest BCUT2D eigenvalue weighted by Crippen LogP contribution is 2.23. The van der Waals surface area contributed by atoms with E-state index in [0.717, 1.165) is 10.8 Å². The molecule has 1 fully saturated rings. The van der Waals surface area contributed by atoms with Crippen molar-refractivity contribution in [1.29, 1.82) is 0 Å². The Morgan fingerprint density at radius 3 is 1.51 bits per heavy atom. The molecule has 1 aliphatic heterocycles. The van der Waals surface area contributed by atoms with Crippen molar-refractivity contribution in [1.82, 2.24) is 63.1 Å². The molecule has 7 rings (SSSR count). The molecule has 0 bridgehead atoms. The van der Waals surface area contributed by atoms with Gasteiger partial charge in [0.05, 0.1) is 6.61 Å². The number of aliphatic hydroxyl groups excluding tert-OH is 1. The van der Waals surface area contributed by atoms with E-state index in [2.05, 4.69) is 63.5 Å². The number of phenolic OH excluding ortho intramolecular Hbond substituents is 1. The van der Waals surface area contributed by atoms with Gasteiger partial charge in [-0.2, -0.15) is 0 Å². The van der Waals surface area contributed by atoms with E-state index in [1.54, 1.807) is 60.7 Å². The summed E-state index contributed by atoms with van der Waals surface area (Å²) in [6.07, 6.45) is 3.99. The van der Waals surface area contributed by atoms with E-state index in [1.807, 2.05) is 70.2 Å². The van der Waals surface area contributed by atoms with Gasteiger partial charge in [0, 0.05) is 81.6 Å². The molecular weight excluding hydrogens is 1390 g/mol. The number of anilines is 1. The fourth-order valence-electron chi connectivity index (χ4n) is 12.3. The van der Waals surface area contributed by atoms with Gasteiger partial charge in [0.25, 0.3) is 0 Å². The Labute approximate surface area is 627 Å². The number of benzene rings is 5. The summed E-state index contributed by atoms with van der Waals surface area (Å²) < 4.78 is 0. The average Bonchev–Trinajstić information content (AvgIpc) is 1.81. The first-order valence-corrected chi connectivity index (χ1v) is 36.3. The summed E-state index contributed by atoms with van der Waals surface area (Å²) in [5, 5.41) is 53.9. The standard InChI is InChI=1S/C78H99ClN14O14/c1-45(2)36-61(70(99)86-60(17-10-11-34-82-46(3)4)78(107)93-35-13-18-68(93)77(106)83-47(5)69(80)98)87-72(101)64(39-51-22-29-58(30-23-51)84-48(6)95)89-74(103)65(40-52-24-31-59(97)32-25-52)91-76(105)67(44-94)92-75(104)66(42-54-14-12-33-81-43-54)90-73(102)63(38-50-20-27-57(79)28-21-50)88-71(100)62(85-49(7)96)41-53-19-26-55-15-8-9-16-56(55)37-53/h8-9,12,14-16,19-33,37,43,45-47,60-68,82,94,97H,10-11,13,17-18,34-36,38-42,44H2,1-7H3,(H2,80,98)(H,83,106)(H,84,95)(H,85,96)(H,86,99)(H,87,101)(H,88,100)(H,89,103)(H,90,102)(H,91,105)(H,92,104)/t47-,60+,61+,62-,63-,64-,65+,66-,67+,68+/m1/s1. The van der Waals surface area contributed by atoms with Crippen LogP contribution in [0.15, 0.2) is 140 Å². The van der Waals surface area contributed by atoms with Gasteiger partial charge in [-0.05, 0) is 139 Å². The second kappa shape index (κ2) is 41.2. The Morgan fingerprint density at radius 1 is 0.523 bits per heavy atom. The smallest absolute Gasteiger partial charge is 0.245 e. The van der Waals surface area contributed by atoms with Crippen LogP contribution in [0.5, 0.6) is 5.75 Å². The van der Waals surface area contributed by atoms with Gasteiger partial charge in [0.1, 0.15) is 66.2 Å². The molecule has 29 heteroatoms. The van der Waals surface area contributed by atoms with E-state index in [1.165, 1.54) is 62.3 Å². The Kier molecular flexibility index (Phi) is 32.1. The van der Waals surface area contributed by atoms with Gasteiger partial charge in [-0.15, -0.1) is 0 Å². The molecule has 1 aliphatic rings. The number of halogens is 1. The van der Waals surface area contributed by atoms with Crippen LogP contribution in [-0.2, 0) is 89.6 Å². The number of carbonyl (C=O) groups excluding carboxylic acids is 12. The predicted octanol–water partition coefficient (Wildman–Crippen LogP) is 3.15. The summed E-state index contributed by atoms with van der Waals surface area (Å²) in [6.45, 7) is 11.3. The minimum absolute atomic E-state index is 0.0252. The van der Waals surface area contributed by atoms with Gasteiger partial charge in [-0.1, -0.05) is 124 Å².